The van der Waals surface area contributed by atoms with E-state index in [1.54, 1.807) is 18.3 Å². The minimum atomic E-state index is -0.353. The fraction of sp³-hybridized carbons (Fsp3) is 0.167. The number of aryl methyl sites for hydroxylation is 2. The molecular formula is C24H25N5O3. The van der Waals surface area contributed by atoms with Gasteiger partial charge in [0.05, 0.1) is 7.11 Å². The van der Waals surface area contributed by atoms with Crippen LogP contribution in [0.2, 0.25) is 0 Å². The average molecular weight is 431 g/mol. The summed E-state index contributed by atoms with van der Waals surface area (Å²) in [4.78, 5) is 37.5. The molecule has 0 fully saturated rings. The zero-order chi connectivity index (χ0) is 23.1. The third-order valence-corrected chi connectivity index (χ3v) is 4.78. The van der Waals surface area contributed by atoms with Crippen LogP contribution in [0.1, 0.15) is 27.0 Å². The van der Waals surface area contributed by atoms with Crippen LogP contribution in [0, 0.1) is 13.8 Å². The minimum Gasteiger partial charge on any atom is -0.340 e. The monoisotopic (exact) mass is 431 g/mol. The van der Waals surface area contributed by atoms with E-state index in [-0.39, 0.29) is 18.1 Å². The van der Waals surface area contributed by atoms with Crippen LogP contribution in [0.25, 0.3) is 0 Å². The molecule has 1 aromatic heterocycles. The van der Waals surface area contributed by atoms with Gasteiger partial charge in [0.25, 0.3) is 5.91 Å². The number of hydroxylamine groups is 1. The number of para-hydroxylation sites is 1. The molecule has 0 saturated heterocycles. The van der Waals surface area contributed by atoms with E-state index >= 15 is 0 Å². The highest BCUT2D eigenvalue weighted by Crippen LogP contribution is 2.25. The van der Waals surface area contributed by atoms with Gasteiger partial charge >= 0.3 is 0 Å². The number of ketones is 1. The number of amides is 1. The van der Waals surface area contributed by atoms with Crippen molar-refractivity contribution in [2.45, 2.75) is 20.3 Å². The van der Waals surface area contributed by atoms with Crippen molar-refractivity contribution in [3.63, 3.8) is 0 Å². The highest BCUT2D eigenvalue weighted by Gasteiger charge is 2.12. The van der Waals surface area contributed by atoms with Crippen molar-refractivity contribution in [3.05, 3.63) is 83.6 Å². The number of nitrogens with one attached hydrogen (secondary N) is 3. The van der Waals surface area contributed by atoms with Crippen molar-refractivity contribution in [2.75, 3.05) is 17.7 Å². The fourth-order valence-corrected chi connectivity index (χ4v) is 2.98. The Morgan fingerprint density at radius 1 is 1.06 bits per heavy atom. The van der Waals surface area contributed by atoms with Crippen molar-refractivity contribution < 1.29 is 14.4 Å². The summed E-state index contributed by atoms with van der Waals surface area (Å²) in [5.41, 5.74) is 6.82. The minimum absolute atomic E-state index is 0.0612. The second-order valence-electron chi connectivity index (χ2n) is 7.14. The Balaban J connectivity index is 1.86. The van der Waals surface area contributed by atoms with Crippen LogP contribution >= 0.6 is 0 Å². The van der Waals surface area contributed by atoms with E-state index < -0.39 is 0 Å². The Labute approximate surface area is 186 Å². The molecule has 1 heterocycles. The van der Waals surface area contributed by atoms with Crippen LogP contribution < -0.4 is 16.1 Å². The van der Waals surface area contributed by atoms with Gasteiger partial charge in [-0.15, -0.1) is 0 Å². The van der Waals surface area contributed by atoms with Crippen LogP contribution in [0.3, 0.4) is 0 Å². The lowest BCUT2D eigenvalue weighted by molar-refractivity contribution is -0.114. The first-order valence-corrected chi connectivity index (χ1v) is 9.96. The number of hydrogen-bond acceptors (Lipinski definition) is 7. The van der Waals surface area contributed by atoms with Crippen LogP contribution in [0.4, 0.5) is 23.1 Å². The zero-order valence-corrected chi connectivity index (χ0v) is 18.2. The highest BCUT2D eigenvalue weighted by molar-refractivity contribution is 5.95. The lowest BCUT2D eigenvalue weighted by Gasteiger charge is -2.15. The van der Waals surface area contributed by atoms with Gasteiger partial charge in [-0.3, -0.25) is 14.4 Å². The molecule has 164 valence electrons. The highest BCUT2D eigenvalue weighted by atomic mass is 16.6. The normalized spacial score (nSPS) is 10.3. The number of carbonyl (C=O) groups is 2. The number of allylic oxidation sites excluding steroid dienone is 1. The molecule has 0 unspecified atom stereocenters. The summed E-state index contributed by atoms with van der Waals surface area (Å²) in [6, 6.07) is 12.8. The van der Waals surface area contributed by atoms with Crippen LogP contribution in [0.5, 0.6) is 0 Å². The molecule has 2 aromatic carbocycles. The van der Waals surface area contributed by atoms with Gasteiger partial charge < -0.3 is 10.6 Å². The van der Waals surface area contributed by atoms with Crippen LogP contribution in [0.15, 0.2) is 61.3 Å². The molecule has 0 saturated carbocycles. The molecule has 0 radical (unpaired) electrons. The molecule has 0 aliphatic rings. The second-order valence-corrected chi connectivity index (χ2v) is 7.14. The number of benzene rings is 2. The summed E-state index contributed by atoms with van der Waals surface area (Å²) in [5, 5.41) is 6.47. The molecule has 8 nitrogen and oxygen atoms in total. The summed E-state index contributed by atoms with van der Waals surface area (Å²) < 4.78 is 0. The molecule has 3 aromatic rings. The Morgan fingerprint density at radius 2 is 1.84 bits per heavy atom. The van der Waals surface area contributed by atoms with Gasteiger partial charge in [0.1, 0.15) is 5.82 Å². The van der Waals surface area contributed by atoms with E-state index in [0.29, 0.717) is 23.0 Å². The van der Waals surface area contributed by atoms with Gasteiger partial charge in [0, 0.05) is 35.1 Å². The third-order valence-electron chi connectivity index (χ3n) is 4.78. The Morgan fingerprint density at radius 3 is 2.59 bits per heavy atom. The molecule has 0 aliphatic heterocycles. The van der Waals surface area contributed by atoms with Crippen molar-refractivity contribution in [2.24, 2.45) is 0 Å². The van der Waals surface area contributed by atoms with E-state index in [9.17, 15) is 9.59 Å². The first kappa shape index (κ1) is 22.6. The molecule has 1 amide bonds. The van der Waals surface area contributed by atoms with E-state index in [2.05, 4.69) is 32.7 Å². The smallest absolute Gasteiger partial charge is 0.274 e. The Hall–Kier alpha value is -4.04. The Bertz CT molecular complexity index is 1160. The van der Waals surface area contributed by atoms with E-state index in [4.69, 9.17) is 4.84 Å². The van der Waals surface area contributed by atoms with Crippen molar-refractivity contribution in [1.82, 2.24) is 15.4 Å². The number of hydrogen-bond donors (Lipinski definition) is 3. The zero-order valence-electron chi connectivity index (χ0n) is 18.2. The maximum atomic E-state index is 12.1. The molecule has 0 aliphatic carbocycles. The maximum Gasteiger partial charge on any atom is 0.274 e. The predicted octanol–water partition coefficient (Wildman–Crippen LogP) is 4.17. The van der Waals surface area contributed by atoms with Gasteiger partial charge in [-0.1, -0.05) is 30.8 Å². The summed E-state index contributed by atoms with van der Waals surface area (Å²) in [6.45, 7) is 7.35. The van der Waals surface area contributed by atoms with Gasteiger partial charge in [-0.2, -0.15) is 4.98 Å². The summed E-state index contributed by atoms with van der Waals surface area (Å²) in [5.74, 6) is 0.555. The van der Waals surface area contributed by atoms with Crippen molar-refractivity contribution >= 4 is 34.8 Å². The summed E-state index contributed by atoms with van der Waals surface area (Å²) >= 11 is 0. The summed E-state index contributed by atoms with van der Waals surface area (Å²) in [7, 11) is 1.38. The number of anilines is 4. The molecule has 3 N–H and O–H groups in total. The topological polar surface area (TPSA) is 105 Å². The van der Waals surface area contributed by atoms with Crippen LogP contribution in [-0.2, 0) is 16.1 Å². The number of aromatic nitrogens is 2. The number of carbonyl (C=O) groups excluding carboxylic acids is 2. The van der Waals surface area contributed by atoms with Crippen molar-refractivity contribution in [3.8, 4) is 0 Å². The van der Waals surface area contributed by atoms with Crippen LogP contribution in [-0.4, -0.2) is 28.8 Å². The summed E-state index contributed by atoms with van der Waals surface area (Å²) in [6.07, 6.45) is 3.27. The quantitative estimate of drug-likeness (QED) is 0.345. The third kappa shape index (κ3) is 5.55. The fourth-order valence-electron chi connectivity index (χ4n) is 2.98. The average Bonchev–Trinajstić information content (AvgIpc) is 2.78. The standard InChI is InChI=1S/C24H25N5O3/c1-5-19(30)12-17-8-6-7-9-20(17)26-22-16(3)14-25-24(28-22)27-21-13-18(11-10-15(21)2)23(31)29-32-4/h5-11,13-14H,1,12H2,2-4H3,(H,29,31)(H2,25,26,27,28). The first-order chi connectivity index (χ1) is 15.4. The first-order valence-electron chi connectivity index (χ1n) is 9.96. The molecule has 32 heavy (non-hydrogen) atoms. The number of rotatable bonds is 9. The van der Waals surface area contributed by atoms with Crippen molar-refractivity contribution in [1.29, 1.82) is 0 Å². The lowest BCUT2D eigenvalue weighted by Crippen LogP contribution is -2.21. The van der Waals surface area contributed by atoms with Gasteiger partial charge in [0.2, 0.25) is 5.95 Å². The lowest BCUT2D eigenvalue weighted by atomic mass is 10.1. The molecular weight excluding hydrogens is 406 g/mol. The SMILES string of the molecule is C=CC(=O)Cc1ccccc1Nc1nc(Nc2cc(C(=O)NOC)ccc2C)ncc1C. The molecule has 8 heteroatoms. The van der Waals surface area contributed by atoms with Gasteiger partial charge in [0.15, 0.2) is 5.78 Å². The number of nitrogens with zero attached hydrogens (tertiary/aromatic N) is 2. The Kier molecular flexibility index (Phi) is 7.30. The maximum absolute atomic E-state index is 12.1. The molecule has 0 bridgehead atoms. The van der Waals surface area contributed by atoms with Gasteiger partial charge in [-0.25, -0.2) is 10.5 Å². The predicted molar refractivity (Wildman–Crippen MR) is 124 cm³/mol. The van der Waals surface area contributed by atoms with E-state index in [0.717, 1.165) is 22.4 Å². The van der Waals surface area contributed by atoms with E-state index in [1.807, 2.05) is 44.2 Å². The van der Waals surface area contributed by atoms with Gasteiger partial charge in [-0.05, 0) is 49.2 Å². The molecule has 3 rings (SSSR count). The second kappa shape index (κ2) is 10.3. The molecule has 0 atom stereocenters. The van der Waals surface area contributed by atoms with E-state index in [1.165, 1.54) is 13.2 Å². The molecule has 0 spiro atoms. The largest absolute Gasteiger partial charge is 0.340 e.